The van der Waals surface area contributed by atoms with E-state index in [1.807, 2.05) is 26.0 Å². The number of halogens is 1. The number of rotatable bonds is 5. The zero-order valence-electron chi connectivity index (χ0n) is 18.0. The normalized spacial score (nSPS) is 15.5. The van der Waals surface area contributed by atoms with Crippen molar-refractivity contribution in [3.8, 4) is 0 Å². The lowest BCUT2D eigenvalue weighted by atomic mass is 10.1. The van der Waals surface area contributed by atoms with Gasteiger partial charge in [-0.3, -0.25) is 13.9 Å². The molecule has 0 aromatic heterocycles. The van der Waals surface area contributed by atoms with Crippen LogP contribution in [0, 0.1) is 19.7 Å². The van der Waals surface area contributed by atoms with Gasteiger partial charge in [-0.15, -0.1) is 0 Å². The Kier molecular flexibility index (Phi) is 5.90. The topological polar surface area (TPSA) is 95.6 Å². The fourth-order valence-corrected chi connectivity index (χ4v) is 5.35. The molecule has 1 aliphatic rings. The van der Waals surface area contributed by atoms with Crippen molar-refractivity contribution in [3.63, 3.8) is 0 Å². The number of hydrogen-bond acceptors (Lipinski definition) is 4. The van der Waals surface area contributed by atoms with Crippen molar-refractivity contribution in [2.24, 2.45) is 0 Å². The Morgan fingerprint density at radius 1 is 1.06 bits per heavy atom. The second-order valence-electron chi connectivity index (χ2n) is 7.85. The largest absolute Gasteiger partial charge is 0.326 e. The molecule has 3 aromatic carbocycles. The van der Waals surface area contributed by atoms with Crippen molar-refractivity contribution >= 4 is 38.9 Å². The molecule has 7 nitrogen and oxygen atoms in total. The molecular formula is C24H22FN3O4S. The highest BCUT2D eigenvalue weighted by Crippen LogP contribution is 2.38. The van der Waals surface area contributed by atoms with Crippen molar-refractivity contribution in [2.75, 3.05) is 14.9 Å². The third-order valence-corrected chi connectivity index (χ3v) is 7.22. The molecule has 1 heterocycles. The molecule has 2 amide bonds. The highest BCUT2D eigenvalue weighted by atomic mass is 32.2. The van der Waals surface area contributed by atoms with Gasteiger partial charge in [-0.25, -0.2) is 12.8 Å². The molecule has 0 radical (unpaired) electrons. The molecule has 170 valence electrons. The van der Waals surface area contributed by atoms with E-state index in [0.29, 0.717) is 5.69 Å². The van der Waals surface area contributed by atoms with Gasteiger partial charge in [-0.1, -0.05) is 30.3 Å². The minimum atomic E-state index is -4.28. The lowest BCUT2D eigenvalue weighted by molar-refractivity contribution is -0.122. The summed E-state index contributed by atoms with van der Waals surface area (Å²) in [5, 5.41) is 5.34. The standard InChI is InChI=1S/C24H22FN3O4S/c1-15-8-9-16(2)20(12-15)26-23(29)14-22-24(30)27-19-11-10-17(25)13-21(19)28(22)33(31,32)18-6-4-3-5-7-18/h3-13,22H,14H2,1-2H3,(H,26,29)(H,27,30). The fourth-order valence-electron chi connectivity index (χ4n) is 3.71. The number of fused-ring (bicyclic) bond motifs is 1. The number of nitrogens with one attached hydrogen (secondary N) is 2. The van der Waals surface area contributed by atoms with E-state index in [9.17, 15) is 22.4 Å². The molecule has 33 heavy (non-hydrogen) atoms. The van der Waals surface area contributed by atoms with Crippen LogP contribution in [0.15, 0.2) is 71.6 Å². The summed E-state index contributed by atoms with van der Waals surface area (Å²) >= 11 is 0. The quantitative estimate of drug-likeness (QED) is 0.593. The molecule has 1 aliphatic heterocycles. The molecule has 9 heteroatoms. The fraction of sp³-hybridized carbons (Fsp3) is 0.167. The van der Waals surface area contributed by atoms with Crippen LogP contribution in [0.5, 0.6) is 0 Å². The Labute approximate surface area is 191 Å². The number of amides is 2. The van der Waals surface area contributed by atoms with E-state index in [4.69, 9.17) is 0 Å². The van der Waals surface area contributed by atoms with Crippen LogP contribution in [0.3, 0.4) is 0 Å². The highest BCUT2D eigenvalue weighted by molar-refractivity contribution is 7.93. The van der Waals surface area contributed by atoms with Gasteiger partial charge in [0.2, 0.25) is 11.8 Å². The molecule has 1 unspecified atom stereocenters. The average molecular weight is 468 g/mol. The van der Waals surface area contributed by atoms with Gasteiger partial charge < -0.3 is 10.6 Å². The van der Waals surface area contributed by atoms with Gasteiger partial charge in [0.15, 0.2) is 0 Å². The third kappa shape index (κ3) is 4.45. The number of anilines is 3. The molecule has 1 atom stereocenters. The number of aryl methyl sites for hydroxylation is 2. The van der Waals surface area contributed by atoms with Gasteiger partial charge in [-0.05, 0) is 55.3 Å². The third-order valence-electron chi connectivity index (χ3n) is 5.39. The van der Waals surface area contributed by atoms with Crippen molar-refractivity contribution in [2.45, 2.75) is 31.2 Å². The summed E-state index contributed by atoms with van der Waals surface area (Å²) < 4.78 is 42.0. The van der Waals surface area contributed by atoms with E-state index in [0.717, 1.165) is 27.6 Å². The molecule has 0 saturated carbocycles. The summed E-state index contributed by atoms with van der Waals surface area (Å²) in [6.45, 7) is 3.71. The minimum Gasteiger partial charge on any atom is -0.326 e. The van der Waals surface area contributed by atoms with Gasteiger partial charge in [-0.2, -0.15) is 0 Å². The smallest absolute Gasteiger partial charge is 0.265 e. The molecule has 3 aromatic rings. The zero-order valence-corrected chi connectivity index (χ0v) is 18.8. The van der Waals surface area contributed by atoms with Crippen molar-refractivity contribution in [3.05, 3.63) is 83.7 Å². The van der Waals surface area contributed by atoms with Crippen LogP contribution in [-0.2, 0) is 19.6 Å². The van der Waals surface area contributed by atoms with E-state index in [-0.39, 0.29) is 16.3 Å². The average Bonchev–Trinajstić information content (AvgIpc) is 2.77. The highest BCUT2D eigenvalue weighted by Gasteiger charge is 2.42. The monoisotopic (exact) mass is 467 g/mol. The summed E-state index contributed by atoms with van der Waals surface area (Å²) in [5.74, 6) is -1.89. The van der Waals surface area contributed by atoms with Crippen LogP contribution in [0.25, 0.3) is 0 Å². The SMILES string of the molecule is Cc1ccc(C)c(NC(=O)CC2C(=O)Nc3ccc(F)cc3N2S(=O)(=O)c2ccccc2)c1. The number of sulfonamides is 1. The first kappa shape index (κ1) is 22.5. The molecule has 0 bridgehead atoms. The Hall–Kier alpha value is -3.72. The molecule has 0 aliphatic carbocycles. The van der Waals surface area contributed by atoms with Crippen LogP contribution in [0.2, 0.25) is 0 Å². The minimum absolute atomic E-state index is 0.0389. The first-order valence-corrected chi connectivity index (χ1v) is 11.7. The number of hydrogen-bond donors (Lipinski definition) is 2. The van der Waals surface area contributed by atoms with Gasteiger partial charge in [0.05, 0.1) is 22.7 Å². The maximum atomic E-state index is 14.1. The van der Waals surface area contributed by atoms with Crippen molar-refractivity contribution in [1.82, 2.24) is 0 Å². The van der Waals surface area contributed by atoms with Crippen LogP contribution in [-0.4, -0.2) is 26.3 Å². The summed E-state index contributed by atoms with van der Waals surface area (Å²) in [7, 11) is -4.28. The van der Waals surface area contributed by atoms with E-state index in [1.165, 1.54) is 18.2 Å². The van der Waals surface area contributed by atoms with Crippen LogP contribution in [0.1, 0.15) is 17.5 Å². The van der Waals surface area contributed by atoms with E-state index >= 15 is 0 Å². The number of carbonyl (C=O) groups is 2. The lowest BCUT2D eigenvalue weighted by Crippen LogP contribution is -2.52. The van der Waals surface area contributed by atoms with Gasteiger partial charge in [0, 0.05) is 11.8 Å². The van der Waals surface area contributed by atoms with Gasteiger partial charge >= 0.3 is 0 Å². The van der Waals surface area contributed by atoms with Crippen LogP contribution in [0.4, 0.5) is 21.5 Å². The molecule has 0 saturated heterocycles. The maximum absolute atomic E-state index is 14.1. The van der Waals surface area contributed by atoms with Crippen molar-refractivity contribution in [1.29, 1.82) is 0 Å². The van der Waals surface area contributed by atoms with E-state index in [1.54, 1.807) is 24.3 Å². The van der Waals surface area contributed by atoms with Crippen LogP contribution >= 0.6 is 0 Å². The summed E-state index contributed by atoms with van der Waals surface area (Å²) in [4.78, 5) is 25.8. The van der Waals surface area contributed by atoms with Crippen LogP contribution < -0.4 is 14.9 Å². The summed E-state index contributed by atoms with van der Waals surface area (Å²) in [5.41, 5.74) is 2.43. The maximum Gasteiger partial charge on any atom is 0.265 e. The summed E-state index contributed by atoms with van der Waals surface area (Å²) in [6, 6.07) is 15.1. The number of carbonyl (C=O) groups excluding carboxylic acids is 2. The Balaban J connectivity index is 1.74. The van der Waals surface area contributed by atoms with Crippen molar-refractivity contribution < 1.29 is 22.4 Å². The predicted molar refractivity (Wildman–Crippen MR) is 124 cm³/mol. The number of nitrogens with zero attached hydrogens (tertiary/aromatic N) is 1. The van der Waals surface area contributed by atoms with E-state index in [2.05, 4.69) is 10.6 Å². The summed E-state index contributed by atoms with van der Waals surface area (Å²) in [6.07, 6.45) is -0.457. The Morgan fingerprint density at radius 3 is 2.52 bits per heavy atom. The first-order valence-electron chi connectivity index (χ1n) is 10.2. The predicted octanol–water partition coefficient (Wildman–Crippen LogP) is 3.99. The molecule has 2 N–H and O–H groups in total. The van der Waals surface area contributed by atoms with Gasteiger partial charge in [0.1, 0.15) is 11.9 Å². The molecular weight excluding hydrogens is 445 g/mol. The zero-order chi connectivity index (χ0) is 23.8. The lowest BCUT2D eigenvalue weighted by Gasteiger charge is -2.36. The Bertz CT molecular complexity index is 1340. The molecule has 0 spiro atoms. The number of benzene rings is 3. The second-order valence-corrected chi connectivity index (χ2v) is 9.67. The first-order chi connectivity index (χ1) is 15.7. The molecule has 4 rings (SSSR count). The second kappa shape index (κ2) is 8.67. The van der Waals surface area contributed by atoms with E-state index < -0.39 is 40.1 Å². The Morgan fingerprint density at radius 2 is 1.79 bits per heavy atom. The molecule has 0 fully saturated rings. The van der Waals surface area contributed by atoms with Gasteiger partial charge in [0.25, 0.3) is 10.0 Å².